The molecule has 4 heteroatoms. The summed E-state index contributed by atoms with van der Waals surface area (Å²) >= 11 is 0. The standard InChI is InChI=1S/C30H24N2O2/c1-29(2)25-17-9-11-21-19-31(23-13-5-3-6-14-23)30(33-27(21)25)32(24-15-7-4-8-16-24)20-22-12-10-18-26(29)28(22)34-30/h3-20H,1-2H3/q+2. The second-order valence-corrected chi connectivity index (χ2v) is 9.49. The molecule has 0 amide bonds. The van der Waals surface area contributed by atoms with Crippen molar-refractivity contribution in [3.63, 3.8) is 0 Å². The van der Waals surface area contributed by atoms with Crippen molar-refractivity contribution in [3.05, 3.63) is 119 Å². The summed E-state index contributed by atoms with van der Waals surface area (Å²) in [5.41, 5.74) is 6.02. The van der Waals surface area contributed by atoms with Crippen LogP contribution in [0.3, 0.4) is 0 Å². The molecule has 0 N–H and O–H groups in total. The quantitative estimate of drug-likeness (QED) is 0.357. The predicted molar refractivity (Wildman–Crippen MR) is 132 cm³/mol. The second kappa shape index (κ2) is 6.67. The Morgan fingerprint density at radius 3 is 1.41 bits per heavy atom. The third kappa shape index (κ3) is 2.48. The van der Waals surface area contributed by atoms with Crippen LogP contribution in [0.5, 0.6) is 11.5 Å². The van der Waals surface area contributed by atoms with Crippen LogP contribution in [0.1, 0.15) is 36.1 Å². The molecule has 3 bridgehead atoms. The molecule has 4 aromatic rings. The first-order valence-corrected chi connectivity index (χ1v) is 11.6. The third-order valence-electron chi connectivity index (χ3n) is 7.12. The van der Waals surface area contributed by atoms with Gasteiger partial charge in [-0.2, -0.15) is 0 Å². The molecule has 4 nitrogen and oxygen atoms in total. The van der Waals surface area contributed by atoms with Crippen molar-refractivity contribution in [2.24, 2.45) is 0 Å². The molecule has 0 saturated carbocycles. The Morgan fingerprint density at radius 2 is 0.971 bits per heavy atom. The minimum Gasteiger partial charge on any atom is -0.339 e. The minimum atomic E-state index is -1.26. The lowest BCUT2D eigenvalue weighted by molar-refractivity contribution is -0.855. The van der Waals surface area contributed by atoms with Gasteiger partial charge in [-0.25, -0.2) is 0 Å². The Kier molecular flexibility index (Phi) is 3.79. The summed E-state index contributed by atoms with van der Waals surface area (Å²) in [4.78, 5) is 0. The molecular formula is C30H24N2O2+2. The molecule has 1 spiro atoms. The van der Waals surface area contributed by atoms with E-state index in [-0.39, 0.29) is 5.41 Å². The summed E-state index contributed by atoms with van der Waals surface area (Å²) in [7, 11) is 0. The van der Waals surface area contributed by atoms with Crippen LogP contribution in [0, 0.1) is 0 Å². The number of para-hydroxylation sites is 4. The van der Waals surface area contributed by atoms with Crippen LogP contribution in [0.25, 0.3) is 0 Å². The summed E-state index contributed by atoms with van der Waals surface area (Å²) < 4.78 is 18.3. The van der Waals surface area contributed by atoms with Gasteiger partial charge in [-0.3, -0.25) is 0 Å². The van der Waals surface area contributed by atoms with Crippen LogP contribution in [0.2, 0.25) is 0 Å². The van der Waals surface area contributed by atoms with Gasteiger partial charge in [0.2, 0.25) is 11.4 Å². The highest BCUT2D eigenvalue weighted by atomic mass is 16.7. The Bertz CT molecular complexity index is 1400. The van der Waals surface area contributed by atoms with E-state index in [9.17, 15) is 0 Å². The van der Waals surface area contributed by atoms with E-state index in [4.69, 9.17) is 9.47 Å². The Hall–Kier alpha value is -4.18. The summed E-state index contributed by atoms with van der Waals surface area (Å²) in [6.07, 6.45) is 4.30. The SMILES string of the molecule is CC1(C)c2cccc3c2OC2(Oc4c(cccc41)C=[N+]2c1ccccc1)[N+](c1ccccc1)=C3. The minimum absolute atomic E-state index is 0.297. The lowest BCUT2D eigenvalue weighted by Gasteiger charge is -2.39. The Labute approximate surface area is 198 Å². The number of hydrogen-bond donors (Lipinski definition) is 0. The van der Waals surface area contributed by atoms with Crippen LogP contribution in [0.4, 0.5) is 11.4 Å². The maximum atomic E-state index is 7.03. The summed E-state index contributed by atoms with van der Waals surface area (Å²) in [6, 6.07) is 32.1. The van der Waals surface area contributed by atoms with Gasteiger partial charge < -0.3 is 9.47 Å². The van der Waals surface area contributed by atoms with Crippen molar-refractivity contribution in [1.29, 1.82) is 0 Å². The zero-order valence-corrected chi connectivity index (χ0v) is 19.1. The van der Waals surface area contributed by atoms with Crippen molar-refractivity contribution in [3.8, 4) is 11.5 Å². The maximum Gasteiger partial charge on any atom is 0.714 e. The van der Waals surface area contributed by atoms with Gasteiger partial charge in [0.25, 0.3) is 0 Å². The largest absolute Gasteiger partial charge is 0.714 e. The topological polar surface area (TPSA) is 24.5 Å². The first kappa shape index (κ1) is 19.3. The lowest BCUT2D eigenvalue weighted by atomic mass is 9.75. The van der Waals surface area contributed by atoms with Crippen molar-refractivity contribution >= 4 is 23.8 Å². The number of nitrogens with zero attached hydrogens (tertiary/aromatic N) is 2. The molecule has 3 aliphatic heterocycles. The smallest absolute Gasteiger partial charge is 0.339 e. The zero-order chi connectivity index (χ0) is 22.9. The fraction of sp³-hybridized carbons (Fsp3) is 0.133. The van der Waals surface area contributed by atoms with Gasteiger partial charge in [-0.1, -0.05) is 83.7 Å². The van der Waals surface area contributed by atoms with Crippen LogP contribution < -0.4 is 9.47 Å². The van der Waals surface area contributed by atoms with Crippen molar-refractivity contribution in [2.45, 2.75) is 25.3 Å². The van der Waals surface area contributed by atoms with E-state index in [2.05, 4.69) is 96.1 Å². The molecule has 0 unspecified atom stereocenters. The highest BCUT2D eigenvalue weighted by Gasteiger charge is 2.67. The number of rotatable bonds is 2. The molecule has 0 radical (unpaired) electrons. The van der Waals surface area contributed by atoms with E-state index in [1.54, 1.807) is 0 Å². The average Bonchev–Trinajstić information content (AvgIpc) is 2.87. The Balaban J connectivity index is 1.65. The van der Waals surface area contributed by atoms with Crippen LogP contribution in [0.15, 0.2) is 97.1 Å². The number of hydrogen-bond acceptors (Lipinski definition) is 2. The van der Waals surface area contributed by atoms with E-state index in [1.807, 2.05) is 36.4 Å². The summed E-state index contributed by atoms with van der Waals surface area (Å²) in [5, 5.41) is 0. The predicted octanol–water partition coefficient (Wildman–Crippen LogP) is 5.95. The average molecular weight is 445 g/mol. The first-order chi connectivity index (χ1) is 16.6. The number of ether oxygens (including phenoxy) is 2. The van der Waals surface area contributed by atoms with Crippen molar-refractivity contribution in [2.75, 3.05) is 0 Å². The van der Waals surface area contributed by atoms with Crippen molar-refractivity contribution < 1.29 is 18.6 Å². The van der Waals surface area contributed by atoms with E-state index in [0.717, 1.165) is 45.1 Å². The molecule has 0 aromatic heterocycles. The van der Waals surface area contributed by atoms with Crippen LogP contribution in [-0.4, -0.2) is 27.6 Å². The monoisotopic (exact) mass is 444 g/mol. The van der Waals surface area contributed by atoms with Crippen molar-refractivity contribution in [1.82, 2.24) is 0 Å². The van der Waals surface area contributed by atoms with Crippen LogP contribution in [-0.2, 0) is 5.41 Å². The van der Waals surface area contributed by atoms with Gasteiger partial charge in [0, 0.05) is 40.8 Å². The summed E-state index contributed by atoms with van der Waals surface area (Å²) in [5.74, 6) is 1.71. The molecular weight excluding hydrogens is 420 g/mol. The molecule has 4 aromatic carbocycles. The third-order valence-corrected chi connectivity index (χ3v) is 7.12. The molecule has 3 heterocycles. The second-order valence-electron chi connectivity index (χ2n) is 9.49. The Morgan fingerprint density at radius 1 is 0.529 bits per heavy atom. The van der Waals surface area contributed by atoms with E-state index >= 15 is 0 Å². The van der Waals surface area contributed by atoms with Gasteiger partial charge in [-0.15, -0.1) is 0 Å². The van der Waals surface area contributed by atoms with Gasteiger partial charge in [0.05, 0.1) is 11.1 Å². The zero-order valence-electron chi connectivity index (χ0n) is 19.1. The van der Waals surface area contributed by atoms with Gasteiger partial charge in [0.15, 0.2) is 23.9 Å². The maximum absolute atomic E-state index is 7.03. The van der Waals surface area contributed by atoms with E-state index in [1.165, 1.54) is 0 Å². The molecule has 0 aliphatic carbocycles. The van der Waals surface area contributed by atoms with E-state index in [0.29, 0.717) is 0 Å². The highest BCUT2D eigenvalue weighted by molar-refractivity contribution is 5.86. The molecule has 34 heavy (non-hydrogen) atoms. The highest BCUT2D eigenvalue weighted by Crippen LogP contribution is 2.51. The molecule has 0 atom stereocenters. The summed E-state index contributed by atoms with van der Waals surface area (Å²) in [6.45, 7) is 4.48. The molecule has 7 rings (SSSR count). The molecule has 0 fully saturated rings. The first-order valence-electron chi connectivity index (χ1n) is 11.6. The fourth-order valence-corrected chi connectivity index (χ4v) is 5.36. The van der Waals surface area contributed by atoms with Gasteiger partial charge in [0.1, 0.15) is 0 Å². The normalized spacial score (nSPS) is 17.8. The molecule has 3 aliphatic rings. The number of benzene rings is 4. The van der Waals surface area contributed by atoms with E-state index < -0.39 is 6.03 Å². The molecule has 0 saturated heterocycles. The van der Waals surface area contributed by atoms with Crippen LogP contribution >= 0.6 is 0 Å². The van der Waals surface area contributed by atoms with Gasteiger partial charge in [-0.05, 0) is 12.1 Å². The van der Waals surface area contributed by atoms with Gasteiger partial charge >= 0.3 is 6.03 Å². The fourth-order valence-electron chi connectivity index (χ4n) is 5.36. The molecule has 164 valence electrons. The lowest BCUT2D eigenvalue weighted by Crippen LogP contribution is -2.62.